The third-order valence-corrected chi connectivity index (χ3v) is 8.83. The lowest BCUT2D eigenvalue weighted by atomic mass is 9.97. The van der Waals surface area contributed by atoms with Crippen LogP contribution in [-0.4, -0.2) is 119 Å². The van der Waals surface area contributed by atoms with E-state index in [4.69, 9.17) is 33.2 Å². The molecule has 284 valence electrons. The van der Waals surface area contributed by atoms with Gasteiger partial charge < -0.3 is 53.6 Å². The van der Waals surface area contributed by atoms with E-state index in [1.54, 1.807) is 41.5 Å². The molecule has 2 aliphatic rings. The Labute approximate surface area is 288 Å². The summed E-state index contributed by atoms with van der Waals surface area (Å²) in [7, 11) is 0. The molecule has 4 N–H and O–H groups in total. The molecule has 49 heavy (non-hydrogen) atoms. The maximum Gasteiger partial charge on any atom is 0.309 e. The average Bonchev–Trinajstić information content (AvgIpc) is 3.31. The van der Waals surface area contributed by atoms with Gasteiger partial charge in [-0.05, 0) is 25.2 Å². The van der Waals surface area contributed by atoms with Gasteiger partial charge in [0.15, 0.2) is 18.3 Å². The largest absolute Gasteiger partial charge is 0.463 e. The minimum atomic E-state index is -2.41. The fraction of sp³-hybridized carbons (Fsp3) is 0.882. The van der Waals surface area contributed by atoms with E-state index >= 15 is 0 Å². The first-order valence-electron chi connectivity index (χ1n) is 17.5. The van der Waals surface area contributed by atoms with Gasteiger partial charge in [-0.1, -0.05) is 67.7 Å². The molecule has 0 aromatic heterocycles. The highest BCUT2D eigenvalue weighted by molar-refractivity contribution is 5.73. The summed E-state index contributed by atoms with van der Waals surface area (Å²) in [5.74, 6) is -6.39. The Kier molecular flexibility index (Phi) is 17.8. The highest BCUT2D eigenvalue weighted by Crippen LogP contribution is 2.38. The minimum absolute atomic E-state index is 0.0119. The maximum absolute atomic E-state index is 13.3. The van der Waals surface area contributed by atoms with Crippen molar-refractivity contribution in [3.05, 3.63) is 0 Å². The fourth-order valence-electron chi connectivity index (χ4n) is 5.31. The SMILES string of the molecule is CCCCCCC(=O)O[C@@H]1[C@@H](OC(=O)C(C)CC)[C@@H](O[C@]2(CO)O[C@H](CO)[C@@H](O)[C@@H]2O)O[C@H](COC(=O)C(C)CC)[C@H]1OC(=O)CC(C)C. The van der Waals surface area contributed by atoms with E-state index in [0.29, 0.717) is 19.3 Å². The summed E-state index contributed by atoms with van der Waals surface area (Å²) in [5.41, 5.74) is 0. The van der Waals surface area contributed by atoms with E-state index in [-0.39, 0.29) is 18.8 Å². The summed E-state index contributed by atoms with van der Waals surface area (Å²) >= 11 is 0. The highest BCUT2D eigenvalue weighted by Gasteiger charge is 2.61. The van der Waals surface area contributed by atoms with E-state index in [1.807, 2.05) is 6.92 Å². The zero-order chi connectivity index (χ0) is 36.9. The van der Waals surface area contributed by atoms with Crippen molar-refractivity contribution >= 4 is 23.9 Å². The quantitative estimate of drug-likeness (QED) is 0.0809. The molecule has 2 aliphatic heterocycles. The minimum Gasteiger partial charge on any atom is -0.463 e. The topological polar surface area (TPSA) is 214 Å². The van der Waals surface area contributed by atoms with Gasteiger partial charge >= 0.3 is 23.9 Å². The second-order valence-corrected chi connectivity index (χ2v) is 13.4. The van der Waals surface area contributed by atoms with Crippen molar-refractivity contribution in [2.24, 2.45) is 17.8 Å². The number of hydrogen-bond donors (Lipinski definition) is 4. The lowest BCUT2D eigenvalue weighted by molar-refractivity contribution is -0.384. The molecule has 11 atom stereocenters. The third-order valence-electron chi connectivity index (χ3n) is 8.83. The van der Waals surface area contributed by atoms with E-state index in [9.17, 15) is 39.6 Å². The molecule has 2 fully saturated rings. The number of aliphatic hydroxyl groups excluding tert-OH is 4. The van der Waals surface area contributed by atoms with Gasteiger partial charge in [-0.25, -0.2) is 0 Å². The van der Waals surface area contributed by atoms with Gasteiger partial charge in [0.2, 0.25) is 12.1 Å². The Bertz CT molecular complexity index is 1050. The van der Waals surface area contributed by atoms with Gasteiger partial charge in [-0.3, -0.25) is 19.2 Å². The normalized spacial score (nSPS) is 31.2. The van der Waals surface area contributed by atoms with Crippen LogP contribution >= 0.6 is 0 Å². The van der Waals surface area contributed by atoms with Crippen LogP contribution in [-0.2, 0) is 52.3 Å². The zero-order valence-corrected chi connectivity index (χ0v) is 29.9. The number of esters is 4. The molecule has 0 radical (unpaired) electrons. The van der Waals surface area contributed by atoms with Crippen molar-refractivity contribution in [1.82, 2.24) is 0 Å². The Balaban J connectivity index is 2.67. The first-order valence-corrected chi connectivity index (χ1v) is 17.5. The van der Waals surface area contributed by atoms with Gasteiger partial charge in [-0.15, -0.1) is 0 Å². The number of hydrogen-bond acceptors (Lipinski definition) is 15. The van der Waals surface area contributed by atoms with Crippen molar-refractivity contribution in [1.29, 1.82) is 0 Å². The lowest BCUT2D eigenvalue weighted by Gasteiger charge is -2.46. The molecule has 15 nitrogen and oxygen atoms in total. The second kappa shape index (κ2) is 20.4. The number of unbranched alkanes of at least 4 members (excludes halogenated alkanes) is 3. The summed E-state index contributed by atoms with van der Waals surface area (Å²) in [6.07, 6.45) is -9.06. The van der Waals surface area contributed by atoms with Crippen molar-refractivity contribution < 1.29 is 72.8 Å². The van der Waals surface area contributed by atoms with Crippen LogP contribution in [0.25, 0.3) is 0 Å². The van der Waals surface area contributed by atoms with Gasteiger partial charge in [-0.2, -0.15) is 0 Å². The van der Waals surface area contributed by atoms with Gasteiger partial charge in [0, 0.05) is 12.8 Å². The molecule has 0 bridgehead atoms. The molecule has 2 heterocycles. The Morgan fingerprint density at radius 3 is 1.96 bits per heavy atom. The van der Waals surface area contributed by atoms with Crippen LogP contribution in [0.1, 0.15) is 99.8 Å². The van der Waals surface area contributed by atoms with E-state index in [2.05, 4.69) is 0 Å². The Morgan fingerprint density at radius 1 is 0.776 bits per heavy atom. The summed E-state index contributed by atoms with van der Waals surface area (Å²) in [4.78, 5) is 52.5. The lowest BCUT2D eigenvalue weighted by Crippen LogP contribution is -2.65. The van der Waals surface area contributed by atoms with Gasteiger partial charge in [0.05, 0.1) is 18.4 Å². The van der Waals surface area contributed by atoms with Crippen LogP contribution in [0, 0.1) is 17.8 Å². The summed E-state index contributed by atoms with van der Waals surface area (Å²) in [6.45, 7) is 10.1. The number of aliphatic hydroxyl groups is 4. The average molecular weight is 707 g/mol. The molecular weight excluding hydrogens is 648 g/mol. The van der Waals surface area contributed by atoms with Gasteiger partial charge in [0.1, 0.15) is 37.6 Å². The van der Waals surface area contributed by atoms with Crippen LogP contribution in [0.4, 0.5) is 0 Å². The van der Waals surface area contributed by atoms with Crippen LogP contribution in [0.15, 0.2) is 0 Å². The summed E-state index contributed by atoms with van der Waals surface area (Å²) in [5, 5.41) is 41.5. The number of ether oxygens (including phenoxy) is 7. The standard InChI is InChI=1S/C34H58O15/c1-8-11-12-13-14-24(37)45-28-27(46-25(38)15-19(4)5)23(17-43-31(41)20(6)9-2)44-33(29(28)47-32(42)21(7)10-3)49-34(18-36)30(40)26(39)22(16-35)48-34/h19-23,26-30,33,35-36,39-40H,8-18H2,1-7H3/t20?,21?,22-,23-,26-,27-,28+,29-,30+,33-,34+/m1/s1. The van der Waals surface area contributed by atoms with E-state index in [0.717, 1.165) is 19.3 Å². The van der Waals surface area contributed by atoms with Crippen LogP contribution in [0.3, 0.4) is 0 Å². The van der Waals surface area contributed by atoms with Crippen molar-refractivity contribution in [3.8, 4) is 0 Å². The molecule has 0 aromatic rings. The van der Waals surface area contributed by atoms with Crippen molar-refractivity contribution in [3.63, 3.8) is 0 Å². The van der Waals surface area contributed by atoms with Crippen LogP contribution < -0.4 is 0 Å². The predicted octanol–water partition coefficient (Wildman–Crippen LogP) is 1.92. The first kappa shape index (κ1) is 42.8. The molecule has 2 saturated heterocycles. The number of rotatable bonds is 20. The first-order chi connectivity index (χ1) is 23.2. The highest BCUT2D eigenvalue weighted by atomic mass is 16.8. The molecule has 2 rings (SSSR count). The van der Waals surface area contributed by atoms with Crippen LogP contribution in [0.2, 0.25) is 0 Å². The Hall–Kier alpha value is -2.40. The van der Waals surface area contributed by atoms with E-state index < -0.39 is 110 Å². The second-order valence-electron chi connectivity index (χ2n) is 13.4. The molecule has 0 spiro atoms. The monoisotopic (exact) mass is 706 g/mol. The fourth-order valence-corrected chi connectivity index (χ4v) is 5.31. The van der Waals surface area contributed by atoms with Gasteiger partial charge in [0.25, 0.3) is 0 Å². The molecule has 0 aromatic carbocycles. The third kappa shape index (κ3) is 11.8. The number of carbonyl (C=O) groups excluding carboxylic acids is 4. The molecule has 2 unspecified atom stereocenters. The molecular formula is C34H58O15. The smallest absolute Gasteiger partial charge is 0.309 e. The van der Waals surface area contributed by atoms with Crippen molar-refractivity contribution in [2.45, 2.75) is 155 Å². The maximum atomic E-state index is 13.3. The molecule has 0 aliphatic carbocycles. The molecule has 0 saturated carbocycles. The molecule has 0 amide bonds. The number of carbonyl (C=O) groups is 4. The van der Waals surface area contributed by atoms with E-state index in [1.165, 1.54) is 0 Å². The summed E-state index contributed by atoms with van der Waals surface area (Å²) in [6, 6.07) is 0. The van der Waals surface area contributed by atoms with Crippen molar-refractivity contribution in [2.75, 3.05) is 19.8 Å². The zero-order valence-electron chi connectivity index (χ0n) is 29.9. The predicted molar refractivity (Wildman–Crippen MR) is 171 cm³/mol. The molecule has 15 heteroatoms. The Morgan fingerprint density at radius 2 is 1.41 bits per heavy atom. The van der Waals surface area contributed by atoms with Crippen LogP contribution in [0.5, 0.6) is 0 Å². The summed E-state index contributed by atoms with van der Waals surface area (Å²) < 4.78 is 40.9.